The highest BCUT2D eigenvalue weighted by Gasteiger charge is 2.17. The molecule has 1 atom stereocenters. The first-order valence-corrected chi connectivity index (χ1v) is 7.29. The first kappa shape index (κ1) is 16.1. The van der Waals surface area contributed by atoms with Gasteiger partial charge in [-0.2, -0.15) is 0 Å². The van der Waals surface area contributed by atoms with Crippen LogP contribution in [0.1, 0.15) is 28.3 Å². The van der Waals surface area contributed by atoms with E-state index in [1.807, 2.05) is 32.0 Å². The number of nitrogens with two attached hydrogens (primary N) is 1. The predicted octanol–water partition coefficient (Wildman–Crippen LogP) is 4.17. The van der Waals surface area contributed by atoms with Gasteiger partial charge >= 0.3 is 0 Å². The van der Waals surface area contributed by atoms with E-state index >= 15 is 0 Å². The molecule has 0 aliphatic carbocycles. The third kappa shape index (κ3) is 3.50. The number of ether oxygens (including phenoxy) is 1. The number of aryl methyl sites for hydroxylation is 2. The maximum Gasteiger partial charge on any atom is 0.122 e. The fourth-order valence-corrected chi connectivity index (χ4v) is 2.99. The number of rotatable bonds is 4. The van der Waals surface area contributed by atoms with Gasteiger partial charge in [0.15, 0.2) is 0 Å². The van der Waals surface area contributed by atoms with Crippen molar-refractivity contribution >= 4 is 23.2 Å². The Morgan fingerprint density at radius 2 is 1.62 bits per heavy atom. The van der Waals surface area contributed by atoms with Crippen molar-refractivity contribution in [3.63, 3.8) is 0 Å². The minimum absolute atomic E-state index is 0.189. The Labute approximate surface area is 135 Å². The van der Waals surface area contributed by atoms with E-state index in [1.54, 1.807) is 13.2 Å². The zero-order valence-corrected chi connectivity index (χ0v) is 13.7. The molecule has 5 heteroatoms. The standard InChI is InChI=1S/C16H18Cl2N2O/c1-9-5-15(21-3)10(2)4-14(9)16(20-19)11-6-12(17)8-13(18)7-11/h4-8,16,20H,19H2,1-3H3. The van der Waals surface area contributed by atoms with E-state index in [0.29, 0.717) is 10.0 Å². The molecule has 0 aliphatic rings. The Morgan fingerprint density at radius 3 is 2.14 bits per heavy atom. The topological polar surface area (TPSA) is 47.3 Å². The predicted molar refractivity (Wildman–Crippen MR) is 88.1 cm³/mol. The number of nitrogens with one attached hydrogen (secondary N) is 1. The number of halogens is 2. The maximum absolute atomic E-state index is 6.08. The molecule has 1 unspecified atom stereocenters. The number of benzene rings is 2. The summed E-state index contributed by atoms with van der Waals surface area (Å²) in [6, 6.07) is 9.29. The van der Waals surface area contributed by atoms with Gasteiger partial charge in [0, 0.05) is 10.0 Å². The van der Waals surface area contributed by atoms with Crippen molar-refractivity contribution in [1.29, 1.82) is 0 Å². The molecule has 0 saturated heterocycles. The van der Waals surface area contributed by atoms with Crippen LogP contribution in [0.4, 0.5) is 0 Å². The molecular formula is C16H18Cl2N2O. The van der Waals surface area contributed by atoms with Crippen molar-refractivity contribution in [2.24, 2.45) is 5.84 Å². The third-order valence-corrected chi connectivity index (χ3v) is 3.92. The summed E-state index contributed by atoms with van der Waals surface area (Å²) in [5, 5.41) is 1.17. The van der Waals surface area contributed by atoms with Crippen LogP contribution in [0, 0.1) is 13.8 Å². The molecule has 0 heterocycles. The monoisotopic (exact) mass is 324 g/mol. The second kappa shape index (κ2) is 6.67. The summed E-state index contributed by atoms with van der Waals surface area (Å²) in [4.78, 5) is 0. The number of hydrogen-bond donors (Lipinski definition) is 2. The molecule has 2 aromatic carbocycles. The van der Waals surface area contributed by atoms with Gasteiger partial charge in [-0.25, -0.2) is 5.43 Å². The van der Waals surface area contributed by atoms with Crippen LogP contribution in [0.25, 0.3) is 0 Å². The number of methoxy groups -OCH3 is 1. The van der Waals surface area contributed by atoms with Crippen LogP contribution in [-0.2, 0) is 0 Å². The molecule has 0 aromatic heterocycles. The Bertz CT molecular complexity index is 639. The van der Waals surface area contributed by atoms with Crippen LogP contribution in [0.2, 0.25) is 10.0 Å². The molecule has 21 heavy (non-hydrogen) atoms. The molecule has 2 rings (SSSR count). The summed E-state index contributed by atoms with van der Waals surface area (Å²) in [6.07, 6.45) is 0. The lowest BCUT2D eigenvalue weighted by Crippen LogP contribution is -2.29. The van der Waals surface area contributed by atoms with Crippen molar-refractivity contribution in [3.8, 4) is 5.75 Å². The number of hydrazine groups is 1. The molecule has 0 radical (unpaired) electrons. The Hall–Kier alpha value is -1.26. The van der Waals surface area contributed by atoms with Gasteiger partial charge in [0.25, 0.3) is 0 Å². The van der Waals surface area contributed by atoms with Gasteiger partial charge in [-0.15, -0.1) is 0 Å². The maximum atomic E-state index is 6.08. The Balaban J connectivity index is 2.53. The molecule has 2 aromatic rings. The highest BCUT2D eigenvalue weighted by molar-refractivity contribution is 6.34. The molecular weight excluding hydrogens is 307 g/mol. The minimum Gasteiger partial charge on any atom is -0.496 e. The molecule has 0 amide bonds. The average Bonchev–Trinajstić information content (AvgIpc) is 2.42. The summed E-state index contributed by atoms with van der Waals surface area (Å²) in [6.45, 7) is 4.02. The molecule has 0 fully saturated rings. The van der Waals surface area contributed by atoms with E-state index in [-0.39, 0.29) is 6.04 Å². The van der Waals surface area contributed by atoms with Crippen molar-refractivity contribution in [1.82, 2.24) is 5.43 Å². The quantitative estimate of drug-likeness (QED) is 0.655. The fraction of sp³-hybridized carbons (Fsp3) is 0.250. The largest absolute Gasteiger partial charge is 0.496 e. The van der Waals surface area contributed by atoms with Gasteiger partial charge in [0.05, 0.1) is 13.2 Å². The Kier molecular flexibility index (Phi) is 5.12. The summed E-state index contributed by atoms with van der Waals surface area (Å²) in [5.41, 5.74) is 6.95. The zero-order chi connectivity index (χ0) is 15.6. The van der Waals surface area contributed by atoms with Crippen LogP contribution in [0.5, 0.6) is 5.75 Å². The van der Waals surface area contributed by atoms with Crippen molar-refractivity contribution in [2.75, 3.05) is 7.11 Å². The average molecular weight is 325 g/mol. The molecule has 3 N–H and O–H groups in total. The molecule has 112 valence electrons. The molecule has 0 spiro atoms. The molecule has 0 bridgehead atoms. The van der Waals surface area contributed by atoms with Crippen molar-refractivity contribution < 1.29 is 4.74 Å². The molecule has 3 nitrogen and oxygen atoms in total. The van der Waals surface area contributed by atoms with E-state index in [0.717, 1.165) is 28.0 Å². The van der Waals surface area contributed by atoms with Gasteiger partial charge in [-0.1, -0.05) is 29.3 Å². The second-order valence-electron chi connectivity index (χ2n) is 4.98. The molecule has 0 saturated carbocycles. The van der Waals surface area contributed by atoms with E-state index in [9.17, 15) is 0 Å². The fourth-order valence-electron chi connectivity index (χ4n) is 2.45. The van der Waals surface area contributed by atoms with Gasteiger partial charge in [0.2, 0.25) is 0 Å². The van der Waals surface area contributed by atoms with Crippen molar-refractivity contribution in [2.45, 2.75) is 19.9 Å². The van der Waals surface area contributed by atoms with Crippen LogP contribution in [0.15, 0.2) is 30.3 Å². The number of hydrogen-bond acceptors (Lipinski definition) is 3. The van der Waals surface area contributed by atoms with Gasteiger partial charge < -0.3 is 4.74 Å². The summed E-state index contributed by atoms with van der Waals surface area (Å²) < 4.78 is 5.34. The first-order chi connectivity index (χ1) is 9.96. The minimum atomic E-state index is -0.189. The highest BCUT2D eigenvalue weighted by atomic mass is 35.5. The smallest absolute Gasteiger partial charge is 0.122 e. The lowest BCUT2D eigenvalue weighted by molar-refractivity contribution is 0.411. The third-order valence-electron chi connectivity index (χ3n) is 3.48. The zero-order valence-electron chi connectivity index (χ0n) is 12.2. The van der Waals surface area contributed by atoms with Crippen LogP contribution in [0.3, 0.4) is 0 Å². The van der Waals surface area contributed by atoms with Crippen molar-refractivity contribution in [3.05, 3.63) is 62.6 Å². The van der Waals surface area contributed by atoms with Crippen LogP contribution < -0.4 is 16.0 Å². The van der Waals surface area contributed by atoms with E-state index in [2.05, 4.69) is 11.5 Å². The summed E-state index contributed by atoms with van der Waals surface area (Å²) >= 11 is 12.2. The lowest BCUT2D eigenvalue weighted by Gasteiger charge is -2.21. The van der Waals surface area contributed by atoms with Crippen LogP contribution in [-0.4, -0.2) is 7.11 Å². The summed E-state index contributed by atoms with van der Waals surface area (Å²) in [5.74, 6) is 6.62. The molecule has 0 aliphatic heterocycles. The SMILES string of the molecule is COc1cc(C)c(C(NN)c2cc(Cl)cc(Cl)c2)cc1C. The van der Waals surface area contributed by atoms with Gasteiger partial charge in [0.1, 0.15) is 5.75 Å². The normalized spacial score (nSPS) is 12.3. The van der Waals surface area contributed by atoms with E-state index < -0.39 is 0 Å². The second-order valence-corrected chi connectivity index (χ2v) is 5.85. The van der Waals surface area contributed by atoms with Gasteiger partial charge in [-0.3, -0.25) is 5.84 Å². The van der Waals surface area contributed by atoms with Crippen LogP contribution >= 0.6 is 23.2 Å². The van der Waals surface area contributed by atoms with E-state index in [4.69, 9.17) is 33.8 Å². The van der Waals surface area contributed by atoms with Gasteiger partial charge in [-0.05, 0) is 60.4 Å². The Morgan fingerprint density at radius 1 is 1.00 bits per heavy atom. The lowest BCUT2D eigenvalue weighted by atomic mass is 9.93. The highest BCUT2D eigenvalue weighted by Crippen LogP contribution is 2.32. The first-order valence-electron chi connectivity index (χ1n) is 6.53. The summed E-state index contributed by atoms with van der Waals surface area (Å²) in [7, 11) is 1.66. The van der Waals surface area contributed by atoms with E-state index in [1.165, 1.54) is 0 Å².